The van der Waals surface area contributed by atoms with Crippen LogP contribution < -0.4 is 5.73 Å². The summed E-state index contributed by atoms with van der Waals surface area (Å²) in [7, 11) is 1.88. The molecule has 2 rings (SSSR count). The molecule has 3 nitrogen and oxygen atoms in total. The molecule has 0 aromatic heterocycles. The van der Waals surface area contributed by atoms with Crippen molar-refractivity contribution in [1.29, 1.82) is 0 Å². The van der Waals surface area contributed by atoms with Crippen molar-refractivity contribution in [2.75, 3.05) is 19.3 Å². The number of nitrogens with zero attached hydrogens (tertiary/aromatic N) is 1. The van der Waals surface area contributed by atoms with Gasteiger partial charge in [0.05, 0.1) is 5.56 Å². The topological polar surface area (TPSA) is 46.3 Å². The molecule has 1 amide bonds. The van der Waals surface area contributed by atoms with Crippen LogP contribution in [-0.2, 0) is 0 Å². The Morgan fingerprint density at radius 3 is 2.72 bits per heavy atom. The Hall–Kier alpha value is -1.51. The zero-order valence-electron chi connectivity index (χ0n) is 11.3. The van der Waals surface area contributed by atoms with Crippen LogP contribution >= 0.6 is 0 Å². The molecule has 1 aliphatic carbocycles. The SMILES string of the molecule is Cc1cccc(C(=O)N(C)CC2CCCC2)c1N. The van der Waals surface area contributed by atoms with E-state index in [2.05, 4.69) is 0 Å². The van der Waals surface area contributed by atoms with E-state index in [0.717, 1.165) is 12.1 Å². The molecule has 3 heteroatoms. The lowest BCUT2D eigenvalue weighted by atomic mass is 10.1. The summed E-state index contributed by atoms with van der Waals surface area (Å²) in [5, 5.41) is 0. The molecule has 0 atom stereocenters. The van der Waals surface area contributed by atoms with Crippen molar-refractivity contribution in [2.45, 2.75) is 32.6 Å². The van der Waals surface area contributed by atoms with Gasteiger partial charge in [0.2, 0.25) is 0 Å². The molecule has 1 aliphatic rings. The lowest BCUT2D eigenvalue weighted by Gasteiger charge is -2.22. The summed E-state index contributed by atoms with van der Waals surface area (Å²) in [6, 6.07) is 5.64. The van der Waals surface area contributed by atoms with Gasteiger partial charge in [-0.3, -0.25) is 4.79 Å². The molecule has 0 saturated heterocycles. The normalized spacial score (nSPS) is 15.9. The van der Waals surface area contributed by atoms with Gasteiger partial charge in [-0.2, -0.15) is 0 Å². The molecule has 1 saturated carbocycles. The highest BCUT2D eigenvalue weighted by Gasteiger charge is 2.21. The van der Waals surface area contributed by atoms with Gasteiger partial charge < -0.3 is 10.6 Å². The summed E-state index contributed by atoms with van der Waals surface area (Å²) in [5.74, 6) is 0.716. The van der Waals surface area contributed by atoms with Crippen molar-refractivity contribution >= 4 is 11.6 Å². The number of nitrogens with two attached hydrogens (primary N) is 1. The highest BCUT2D eigenvalue weighted by Crippen LogP contribution is 2.26. The molecule has 0 spiro atoms. The van der Waals surface area contributed by atoms with Gasteiger partial charge in [-0.1, -0.05) is 25.0 Å². The predicted octanol–water partition coefficient (Wildman–Crippen LogP) is 2.84. The van der Waals surface area contributed by atoms with E-state index in [1.807, 2.05) is 37.1 Å². The summed E-state index contributed by atoms with van der Waals surface area (Å²) >= 11 is 0. The number of hydrogen-bond acceptors (Lipinski definition) is 2. The van der Waals surface area contributed by atoms with Crippen LogP contribution in [0.4, 0.5) is 5.69 Å². The fourth-order valence-corrected chi connectivity index (χ4v) is 2.74. The van der Waals surface area contributed by atoms with Crippen molar-refractivity contribution in [3.05, 3.63) is 29.3 Å². The number of amides is 1. The van der Waals surface area contributed by atoms with Gasteiger partial charge >= 0.3 is 0 Å². The average molecular weight is 246 g/mol. The number of anilines is 1. The highest BCUT2D eigenvalue weighted by atomic mass is 16.2. The monoisotopic (exact) mass is 246 g/mol. The Bertz CT molecular complexity index is 436. The first-order valence-corrected chi connectivity index (χ1v) is 6.70. The van der Waals surface area contributed by atoms with Gasteiger partial charge in [0.1, 0.15) is 0 Å². The smallest absolute Gasteiger partial charge is 0.255 e. The fourth-order valence-electron chi connectivity index (χ4n) is 2.74. The highest BCUT2D eigenvalue weighted by molar-refractivity contribution is 5.99. The van der Waals surface area contributed by atoms with Crippen LogP contribution in [0.1, 0.15) is 41.6 Å². The molecular formula is C15H22N2O. The third-order valence-electron chi connectivity index (χ3n) is 3.91. The summed E-state index contributed by atoms with van der Waals surface area (Å²) in [6.45, 7) is 2.79. The largest absolute Gasteiger partial charge is 0.398 e. The quantitative estimate of drug-likeness (QED) is 0.834. The molecule has 0 radical (unpaired) electrons. The number of benzene rings is 1. The maximum Gasteiger partial charge on any atom is 0.255 e. The van der Waals surface area contributed by atoms with Crippen LogP contribution in [0.15, 0.2) is 18.2 Å². The first-order chi connectivity index (χ1) is 8.59. The molecule has 98 valence electrons. The molecule has 1 fully saturated rings. The molecule has 1 aromatic carbocycles. The molecule has 18 heavy (non-hydrogen) atoms. The van der Waals surface area contributed by atoms with E-state index in [0.29, 0.717) is 17.2 Å². The zero-order chi connectivity index (χ0) is 13.1. The number of rotatable bonds is 3. The van der Waals surface area contributed by atoms with E-state index in [9.17, 15) is 4.79 Å². The van der Waals surface area contributed by atoms with E-state index >= 15 is 0 Å². The summed E-state index contributed by atoms with van der Waals surface area (Å²) < 4.78 is 0. The maximum atomic E-state index is 12.4. The number of para-hydroxylation sites is 1. The van der Waals surface area contributed by atoms with E-state index in [4.69, 9.17) is 5.73 Å². The standard InChI is InChI=1S/C15H22N2O/c1-11-6-5-9-13(14(11)16)15(18)17(2)10-12-7-3-4-8-12/h5-6,9,12H,3-4,7-8,10,16H2,1-2H3. The van der Waals surface area contributed by atoms with E-state index in [1.54, 1.807) is 0 Å². The molecule has 0 heterocycles. The third kappa shape index (κ3) is 2.66. The van der Waals surface area contributed by atoms with E-state index in [1.165, 1.54) is 25.7 Å². The second-order valence-corrected chi connectivity index (χ2v) is 5.37. The number of hydrogen-bond donors (Lipinski definition) is 1. The Morgan fingerprint density at radius 1 is 1.39 bits per heavy atom. The van der Waals surface area contributed by atoms with Crippen LogP contribution in [0.25, 0.3) is 0 Å². The van der Waals surface area contributed by atoms with Crippen LogP contribution in [0.3, 0.4) is 0 Å². The summed E-state index contributed by atoms with van der Waals surface area (Å²) in [4.78, 5) is 14.2. The Labute approximate surface area is 109 Å². The second-order valence-electron chi connectivity index (χ2n) is 5.37. The third-order valence-corrected chi connectivity index (χ3v) is 3.91. The molecule has 0 aliphatic heterocycles. The second kappa shape index (κ2) is 5.42. The Balaban J connectivity index is 2.07. The zero-order valence-corrected chi connectivity index (χ0v) is 11.3. The van der Waals surface area contributed by atoms with Crippen molar-refractivity contribution in [3.63, 3.8) is 0 Å². The molecule has 1 aromatic rings. The van der Waals surface area contributed by atoms with Gasteiger partial charge in [0.25, 0.3) is 5.91 Å². The molecule has 0 bridgehead atoms. The lowest BCUT2D eigenvalue weighted by Crippen LogP contribution is -2.31. The Morgan fingerprint density at radius 2 is 2.06 bits per heavy atom. The molecular weight excluding hydrogens is 224 g/mol. The van der Waals surface area contributed by atoms with Gasteiger partial charge in [-0.05, 0) is 37.3 Å². The minimum absolute atomic E-state index is 0.0445. The molecule has 0 unspecified atom stereocenters. The summed E-state index contributed by atoms with van der Waals surface area (Å²) in [6.07, 6.45) is 5.11. The average Bonchev–Trinajstić information content (AvgIpc) is 2.84. The fraction of sp³-hybridized carbons (Fsp3) is 0.533. The van der Waals surface area contributed by atoms with Crippen LogP contribution in [0.2, 0.25) is 0 Å². The predicted molar refractivity (Wildman–Crippen MR) is 74.5 cm³/mol. The summed E-state index contributed by atoms with van der Waals surface area (Å²) in [5.41, 5.74) is 8.20. The van der Waals surface area contributed by atoms with Crippen molar-refractivity contribution < 1.29 is 4.79 Å². The first kappa shape index (κ1) is 12.9. The van der Waals surface area contributed by atoms with Crippen molar-refractivity contribution in [1.82, 2.24) is 4.90 Å². The molecule has 2 N–H and O–H groups in total. The van der Waals surface area contributed by atoms with Crippen LogP contribution in [0, 0.1) is 12.8 Å². The number of carbonyl (C=O) groups excluding carboxylic acids is 1. The van der Waals surface area contributed by atoms with Gasteiger partial charge in [0, 0.05) is 19.3 Å². The van der Waals surface area contributed by atoms with E-state index < -0.39 is 0 Å². The number of carbonyl (C=O) groups is 1. The van der Waals surface area contributed by atoms with Gasteiger partial charge in [0.15, 0.2) is 0 Å². The maximum absolute atomic E-state index is 12.4. The van der Waals surface area contributed by atoms with Gasteiger partial charge in [-0.15, -0.1) is 0 Å². The van der Waals surface area contributed by atoms with Crippen LogP contribution in [-0.4, -0.2) is 24.4 Å². The Kier molecular flexibility index (Phi) is 3.90. The minimum Gasteiger partial charge on any atom is -0.398 e. The van der Waals surface area contributed by atoms with Crippen LogP contribution in [0.5, 0.6) is 0 Å². The number of aryl methyl sites for hydroxylation is 1. The first-order valence-electron chi connectivity index (χ1n) is 6.70. The van der Waals surface area contributed by atoms with Gasteiger partial charge in [-0.25, -0.2) is 0 Å². The van der Waals surface area contributed by atoms with E-state index in [-0.39, 0.29) is 5.91 Å². The van der Waals surface area contributed by atoms with Crippen molar-refractivity contribution in [3.8, 4) is 0 Å². The lowest BCUT2D eigenvalue weighted by molar-refractivity contribution is 0.0774. The minimum atomic E-state index is 0.0445. The van der Waals surface area contributed by atoms with Crippen molar-refractivity contribution in [2.24, 2.45) is 5.92 Å². The number of nitrogen functional groups attached to an aromatic ring is 1.